The SMILES string of the molecule is COC(=O)c1c(S(=O)(=O)NCc2ccc(Cl)cc2)sc2c1CCN(C(=O)C1(C)CC1)C2. The molecule has 10 heteroatoms. The number of fused-ring (bicyclic) bond motifs is 1. The molecule has 2 aromatic rings. The first-order chi connectivity index (χ1) is 14.6. The van der Waals surface area contributed by atoms with Crippen molar-refractivity contribution in [1.29, 1.82) is 0 Å². The Labute approximate surface area is 190 Å². The first kappa shape index (κ1) is 22.3. The van der Waals surface area contributed by atoms with Crippen molar-refractivity contribution in [3.8, 4) is 0 Å². The summed E-state index contributed by atoms with van der Waals surface area (Å²) < 4.78 is 33.6. The van der Waals surface area contributed by atoms with Gasteiger partial charge in [-0.05, 0) is 42.5 Å². The molecule has 2 heterocycles. The fraction of sp³-hybridized carbons (Fsp3) is 0.429. The molecule has 0 radical (unpaired) electrons. The van der Waals surface area contributed by atoms with Gasteiger partial charge in [0.2, 0.25) is 5.91 Å². The van der Waals surface area contributed by atoms with E-state index in [1.165, 1.54) is 7.11 Å². The smallest absolute Gasteiger partial charge is 0.340 e. The predicted molar refractivity (Wildman–Crippen MR) is 118 cm³/mol. The Morgan fingerprint density at radius 2 is 1.94 bits per heavy atom. The first-order valence-electron chi connectivity index (χ1n) is 9.91. The summed E-state index contributed by atoms with van der Waals surface area (Å²) in [6.07, 6.45) is 2.17. The number of carbonyl (C=O) groups excluding carboxylic acids is 2. The summed E-state index contributed by atoms with van der Waals surface area (Å²) >= 11 is 6.91. The van der Waals surface area contributed by atoms with Crippen LogP contribution >= 0.6 is 22.9 Å². The molecule has 1 aromatic carbocycles. The molecular formula is C21H23ClN2O5S2. The largest absolute Gasteiger partial charge is 0.465 e. The molecule has 0 unspecified atom stereocenters. The number of nitrogens with zero attached hydrogens (tertiary/aromatic N) is 1. The molecule has 1 aromatic heterocycles. The maximum atomic E-state index is 13.1. The highest BCUT2D eigenvalue weighted by Gasteiger charge is 2.48. The van der Waals surface area contributed by atoms with Gasteiger partial charge >= 0.3 is 5.97 Å². The molecule has 1 amide bonds. The maximum absolute atomic E-state index is 13.1. The summed E-state index contributed by atoms with van der Waals surface area (Å²) in [6, 6.07) is 6.82. The summed E-state index contributed by atoms with van der Waals surface area (Å²) in [6.45, 7) is 2.78. The number of hydrogen-bond acceptors (Lipinski definition) is 6. The number of hydrogen-bond donors (Lipinski definition) is 1. The van der Waals surface area contributed by atoms with Crippen LogP contribution in [0.3, 0.4) is 0 Å². The second-order valence-electron chi connectivity index (χ2n) is 8.15. The minimum absolute atomic E-state index is 0.0612. The van der Waals surface area contributed by atoms with Crippen molar-refractivity contribution in [2.45, 2.75) is 43.5 Å². The van der Waals surface area contributed by atoms with Crippen molar-refractivity contribution in [2.24, 2.45) is 5.41 Å². The van der Waals surface area contributed by atoms with Crippen LogP contribution in [0.25, 0.3) is 0 Å². The molecule has 0 atom stereocenters. The topological polar surface area (TPSA) is 92.8 Å². The lowest BCUT2D eigenvalue weighted by Crippen LogP contribution is -2.39. The number of benzene rings is 1. The number of rotatable bonds is 6. The van der Waals surface area contributed by atoms with Crippen molar-refractivity contribution < 1.29 is 22.7 Å². The molecule has 1 N–H and O–H groups in total. The number of nitrogens with one attached hydrogen (secondary N) is 1. The van der Waals surface area contributed by atoms with E-state index in [0.29, 0.717) is 30.1 Å². The molecule has 0 saturated heterocycles. The highest BCUT2D eigenvalue weighted by molar-refractivity contribution is 7.91. The van der Waals surface area contributed by atoms with E-state index in [1.807, 2.05) is 6.92 Å². The molecule has 31 heavy (non-hydrogen) atoms. The third kappa shape index (κ3) is 4.37. The van der Waals surface area contributed by atoms with Gasteiger partial charge in [0, 0.05) is 28.4 Å². The minimum Gasteiger partial charge on any atom is -0.465 e. The second kappa shape index (κ2) is 8.20. The number of ether oxygens (including phenoxy) is 1. The minimum atomic E-state index is -3.97. The van der Waals surface area contributed by atoms with Gasteiger partial charge in [0.15, 0.2) is 0 Å². The van der Waals surface area contributed by atoms with Gasteiger partial charge in [-0.1, -0.05) is 30.7 Å². The van der Waals surface area contributed by atoms with Gasteiger partial charge in [-0.15, -0.1) is 11.3 Å². The second-order valence-corrected chi connectivity index (χ2v) is 11.7. The van der Waals surface area contributed by atoms with Crippen LogP contribution in [0.1, 0.15) is 46.1 Å². The maximum Gasteiger partial charge on any atom is 0.340 e. The van der Waals surface area contributed by atoms with Crippen LogP contribution in [0.5, 0.6) is 0 Å². The van der Waals surface area contributed by atoms with Gasteiger partial charge in [-0.3, -0.25) is 4.79 Å². The number of carbonyl (C=O) groups is 2. The van der Waals surface area contributed by atoms with E-state index < -0.39 is 16.0 Å². The third-order valence-electron chi connectivity index (χ3n) is 5.84. The lowest BCUT2D eigenvalue weighted by Gasteiger charge is -2.29. The summed E-state index contributed by atoms with van der Waals surface area (Å²) in [4.78, 5) is 27.7. The summed E-state index contributed by atoms with van der Waals surface area (Å²) in [5.74, 6) is -0.588. The molecular weight excluding hydrogens is 460 g/mol. The predicted octanol–water partition coefficient (Wildman–Crippen LogP) is 3.35. The van der Waals surface area contributed by atoms with Crippen LogP contribution < -0.4 is 4.72 Å². The Morgan fingerprint density at radius 3 is 2.55 bits per heavy atom. The van der Waals surface area contributed by atoms with Crippen LogP contribution in [0.15, 0.2) is 28.5 Å². The van der Waals surface area contributed by atoms with E-state index in [9.17, 15) is 18.0 Å². The fourth-order valence-corrected chi connectivity index (χ4v) is 6.77. The van der Waals surface area contributed by atoms with Crippen LogP contribution in [0.4, 0.5) is 0 Å². The van der Waals surface area contributed by atoms with E-state index in [2.05, 4.69) is 4.72 Å². The van der Waals surface area contributed by atoms with Crippen molar-refractivity contribution in [3.63, 3.8) is 0 Å². The molecule has 1 aliphatic heterocycles. The monoisotopic (exact) mass is 482 g/mol. The molecule has 1 fully saturated rings. The van der Waals surface area contributed by atoms with Crippen molar-refractivity contribution in [1.82, 2.24) is 9.62 Å². The average Bonchev–Trinajstić information content (AvgIpc) is 3.38. The summed E-state index contributed by atoms with van der Waals surface area (Å²) in [5.41, 5.74) is 1.18. The first-order valence-corrected chi connectivity index (χ1v) is 12.6. The zero-order chi connectivity index (χ0) is 22.4. The zero-order valence-electron chi connectivity index (χ0n) is 17.2. The van der Waals surface area contributed by atoms with Crippen LogP contribution in [-0.4, -0.2) is 38.8 Å². The molecule has 0 spiro atoms. The van der Waals surface area contributed by atoms with Gasteiger partial charge < -0.3 is 9.64 Å². The Balaban J connectivity index is 1.62. The van der Waals surface area contributed by atoms with E-state index in [-0.39, 0.29) is 27.6 Å². The summed E-state index contributed by atoms with van der Waals surface area (Å²) in [5, 5.41) is 0.560. The fourth-order valence-electron chi connectivity index (χ4n) is 3.68. The quantitative estimate of drug-likeness (QED) is 0.637. The highest BCUT2D eigenvalue weighted by Crippen LogP contribution is 2.47. The van der Waals surface area contributed by atoms with Gasteiger partial charge in [0.25, 0.3) is 10.0 Å². The van der Waals surface area contributed by atoms with Gasteiger partial charge in [-0.25, -0.2) is 17.9 Å². The molecule has 1 aliphatic carbocycles. The molecule has 2 aliphatic rings. The number of methoxy groups -OCH3 is 1. The molecule has 0 bridgehead atoms. The normalized spacial score (nSPS) is 17.2. The van der Waals surface area contributed by atoms with Crippen LogP contribution in [0.2, 0.25) is 5.02 Å². The van der Waals surface area contributed by atoms with Crippen molar-refractivity contribution in [2.75, 3.05) is 13.7 Å². The van der Waals surface area contributed by atoms with Crippen molar-refractivity contribution in [3.05, 3.63) is 50.9 Å². The van der Waals surface area contributed by atoms with Gasteiger partial charge in [0.1, 0.15) is 4.21 Å². The Morgan fingerprint density at radius 1 is 1.26 bits per heavy atom. The Kier molecular flexibility index (Phi) is 5.89. The Hall–Kier alpha value is -1.94. The molecule has 7 nitrogen and oxygen atoms in total. The van der Waals surface area contributed by atoms with E-state index >= 15 is 0 Å². The van der Waals surface area contributed by atoms with Gasteiger partial charge in [0.05, 0.1) is 19.2 Å². The van der Waals surface area contributed by atoms with Crippen LogP contribution in [0, 0.1) is 5.41 Å². The molecule has 4 rings (SSSR count). The van der Waals surface area contributed by atoms with Crippen LogP contribution in [-0.2, 0) is 39.1 Å². The zero-order valence-corrected chi connectivity index (χ0v) is 19.6. The third-order valence-corrected chi connectivity index (χ3v) is 9.23. The number of thiophene rings is 1. The lowest BCUT2D eigenvalue weighted by molar-refractivity contribution is -0.137. The van der Waals surface area contributed by atoms with E-state index in [0.717, 1.165) is 34.6 Å². The molecule has 166 valence electrons. The van der Waals surface area contributed by atoms with E-state index in [4.69, 9.17) is 16.3 Å². The van der Waals surface area contributed by atoms with E-state index in [1.54, 1.807) is 29.2 Å². The number of amides is 1. The highest BCUT2D eigenvalue weighted by atomic mass is 35.5. The molecule has 1 saturated carbocycles. The number of halogens is 1. The van der Waals surface area contributed by atoms with Gasteiger partial charge in [-0.2, -0.15) is 0 Å². The van der Waals surface area contributed by atoms with Crippen molar-refractivity contribution >= 4 is 44.8 Å². The number of sulfonamides is 1. The average molecular weight is 483 g/mol. The summed E-state index contributed by atoms with van der Waals surface area (Å²) in [7, 11) is -2.74. The Bertz CT molecular complexity index is 1140. The number of esters is 1. The standard InChI is InChI=1S/C21H23ClN2O5S2/c1-21(8-9-21)20(26)24-10-7-15-16(12-24)30-19(17(15)18(25)29-2)31(27,28)23-11-13-3-5-14(22)6-4-13/h3-6,23H,7-12H2,1-2H3. The lowest BCUT2D eigenvalue weighted by atomic mass is 10.0.